The van der Waals surface area contributed by atoms with Crippen LogP contribution in [0.4, 0.5) is 17.6 Å². The van der Waals surface area contributed by atoms with E-state index in [2.05, 4.69) is 5.32 Å². The molecule has 0 unspecified atom stereocenters. The molecule has 0 aliphatic carbocycles. The van der Waals surface area contributed by atoms with Crippen LogP contribution in [0, 0.1) is 0 Å². The highest BCUT2D eigenvalue weighted by atomic mass is 19.4. The summed E-state index contributed by atoms with van der Waals surface area (Å²) < 4.78 is 50.8. The molecule has 16 heavy (non-hydrogen) atoms. The first kappa shape index (κ1) is 11.4. The van der Waals surface area contributed by atoms with E-state index in [4.69, 9.17) is 0 Å². The number of halogens is 4. The highest BCUT2D eigenvalue weighted by Gasteiger charge is 2.37. The minimum atomic E-state index is -4.36. The van der Waals surface area contributed by atoms with E-state index < -0.39 is 17.4 Å². The molecule has 0 saturated carbocycles. The maximum atomic E-state index is 13.7. The molecule has 1 heterocycles. The van der Waals surface area contributed by atoms with Gasteiger partial charge in [-0.05, 0) is 11.6 Å². The number of benzene rings is 1. The van der Waals surface area contributed by atoms with Crippen molar-refractivity contribution in [3.05, 3.63) is 35.4 Å². The zero-order chi connectivity index (χ0) is 11.8. The Morgan fingerprint density at radius 2 is 1.94 bits per heavy atom. The summed E-state index contributed by atoms with van der Waals surface area (Å²) in [4.78, 5) is 0. The van der Waals surface area contributed by atoms with E-state index in [0.717, 1.165) is 12.1 Å². The maximum absolute atomic E-state index is 13.7. The van der Waals surface area contributed by atoms with Crippen molar-refractivity contribution in [2.75, 3.05) is 13.1 Å². The average molecular weight is 233 g/mol. The Kier molecular flexibility index (Phi) is 2.66. The predicted octanol–water partition coefficient (Wildman–Crippen LogP) is 2.56. The second kappa shape index (κ2) is 3.73. The molecule has 0 spiro atoms. The van der Waals surface area contributed by atoms with Crippen molar-refractivity contribution in [1.82, 2.24) is 5.32 Å². The van der Waals surface area contributed by atoms with E-state index in [-0.39, 0.29) is 19.5 Å². The maximum Gasteiger partial charge on any atom is 0.416 e. The van der Waals surface area contributed by atoms with Crippen LogP contribution in [0.2, 0.25) is 0 Å². The fourth-order valence-corrected chi connectivity index (χ4v) is 1.74. The van der Waals surface area contributed by atoms with Crippen LogP contribution < -0.4 is 5.32 Å². The van der Waals surface area contributed by atoms with Crippen LogP contribution in [0.3, 0.4) is 0 Å². The van der Waals surface area contributed by atoms with Gasteiger partial charge < -0.3 is 5.32 Å². The highest BCUT2D eigenvalue weighted by molar-refractivity contribution is 5.27. The third-order valence-electron chi connectivity index (χ3n) is 2.66. The Hall–Kier alpha value is -1.10. The van der Waals surface area contributed by atoms with Gasteiger partial charge in [0.15, 0.2) is 0 Å². The number of hydrogen-bond acceptors (Lipinski definition) is 1. The van der Waals surface area contributed by atoms with Crippen LogP contribution >= 0.6 is 0 Å². The SMILES string of the molecule is FC1(Cc2cccc(C(F)(F)F)c2)CNC1. The summed E-state index contributed by atoms with van der Waals surface area (Å²) in [6, 6.07) is 4.84. The smallest absolute Gasteiger partial charge is 0.310 e. The van der Waals surface area contributed by atoms with Crippen LogP contribution in [0.25, 0.3) is 0 Å². The number of rotatable bonds is 2. The first-order chi connectivity index (χ1) is 7.39. The van der Waals surface area contributed by atoms with Crippen molar-refractivity contribution in [2.45, 2.75) is 18.3 Å². The summed E-state index contributed by atoms with van der Waals surface area (Å²) >= 11 is 0. The van der Waals surface area contributed by atoms with Gasteiger partial charge in [-0.3, -0.25) is 0 Å². The van der Waals surface area contributed by atoms with Crippen LogP contribution in [0.5, 0.6) is 0 Å². The highest BCUT2D eigenvalue weighted by Crippen LogP contribution is 2.31. The molecule has 1 nitrogen and oxygen atoms in total. The van der Waals surface area contributed by atoms with Gasteiger partial charge in [0.25, 0.3) is 0 Å². The summed E-state index contributed by atoms with van der Waals surface area (Å²) in [6.45, 7) is 0.423. The van der Waals surface area contributed by atoms with Gasteiger partial charge in [-0.1, -0.05) is 18.2 Å². The number of nitrogens with one attached hydrogen (secondary N) is 1. The molecule has 0 amide bonds. The Morgan fingerprint density at radius 3 is 2.44 bits per heavy atom. The van der Waals surface area contributed by atoms with Crippen molar-refractivity contribution < 1.29 is 17.6 Å². The van der Waals surface area contributed by atoms with E-state index in [1.807, 2.05) is 0 Å². The summed E-state index contributed by atoms with van der Waals surface area (Å²) in [5, 5.41) is 2.77. The summed E-state index contributed by atoms with van der Waals surface area (Å²) in [5.74, 6) is 0. The molecular formula is C11H11F4N. The average Bonchev–Trinajstić information content (AvgIpc) is 2.14. The summed E-state index contributed by atoms with van der Waals surface area (Å²) in [7, 11) is 0. The largest absolute Gasteiger partial charge is 0.416 e. The zero-order valence-electron chi connectivity index (χ0n) is 8.44. The van der Waals surface area contributed by atoms with Gasteiger partial charge in [-0.25, -0.2) is 4.39 Å². The van der Waals surface area contributed by atoms with Gasteiger partial charge in [0.2, 0.25) is 0 Å². The lowest BCUT2D eigenvalue weighted by molar-refractivity contribution is -0.137. The lowest BCUT2D eigenvalue weighted by Crippen LogP contribution is -2.57. The lowest BCUT2D eigenvalue weighted by Gasteiger charge is -2.35. The van der Waals surface area contributed by atoms with Crippen LogP contribution in [0.15, 0.2) is 24.3 Å². The second-order valence-electron chi connectivity index (χ2n) is 4.13. The second-order valence-corrected chi connectivity index (χ2v) is 4.13. The molecule has 0 radical (unpaired) electrons. The van der Waals surface area contributed by atoms with Crippen LogP contribution in [-0.2, 0) is 12.6 Å². The van der Waals surface area contributed by atoms with Crippen molar-refractivity contribution in [3.8, 4) is 0 Å². The van der Waals surface area contributed by atoms with Gasteiger partial charge in [0.05, 0.1) is 5.56 Å². The number of hydrogen-bond donors (Lipinski definition) is 1. The molecule has 1 saturated heterocycles. The number of alkyl halides is 4. The molecule has 1 aromatic rings. The summed E-state index contributed by atoms with van der Waals surface area (Å²) in [5.41, 5.74) is -1.72. The Bertz CT molecular complexity index is 382. The minimum Gasteiger partial charge on any atom is -0.310 e. The van der Waals surface area contributed by atoms with E-state index in [1.54, 1.807) is 0 Å². The van der Waals surface area contributed by atoms with Gasteiger partial charge in [0, 0.05) is 19.5 Å². The third kappa shape index (κ3) is 2.35. The van der Waals surface area contributed by atoms with E-state index in [1.165, 1.54) is 12.1 Å². The monoisotopic (exact) mass is 233 g/mol. The van der Waals surface area contributed by atoms with E-state index >= 15 is 0 Å². The molecular weight excluding hydrogens is 222 g/mol. The van der Waals surface area contributed by atoms with Gasteiger partial charge in [0.1, 0.15) is 5.67 Å². The first-order valence-corrected chi connectivity index (χ1v) is 4.95. The Morgan fingerprint density at radius 1 is 1.25 bits per heavy atom. The van der Waals surface area contributed by atoms with Crippen molar-refractivity contribution in [2.24, 2.45) is 0 Å². The molecule has 2 rings (SSSR count). The van der Waals surface area contributed by atoms with E-state index in [9.17, 15) is 17.6 Å². The molecule has 88 valence electrons. The standard InChI is InChI=1S/C11H11F4N/c12-10(6-16-7-10)5-8-2-1-3-9(4-8)11(13,14)15/h1-4,16H,5-7H2. The fraction of sp³-hybridized carbons (Fsp3) is 0.455. The molecule has 1 N–H and O–H groups in total. The quantitative estimate of drug-likeness (QED) is 0.774. The Labute approximate surface area is 90.5 Å². The van der Waals surface area contributed by atoms with Crippen molar-refractivity contribution >= 4 is 0 Å². The van der Waals surface area contributed by atoms with Gasteiger partial charge in [-0.2, -0.15) is 13.2 Å². The molecule has 0 atom stereocenters. The molecule has 5 heteroatoms. The third-order valence-corrected chi connectivity index (χ3v) is 2.66. The zero-order valence-corrected chi connectivity index (χ0v) is 8.44. The normalized spacial score (nSPS) is 19.2. The minimum absolute atomic E-state index is 0.0317. The van der Waals surface area contributed by atoms with Crippen molar-refractivity contribution in [1.29, 1.82) is 0 Å². The van der Waals surface area contributed by atoms with Crippen LogP contribution in [0.1, 0.15) is 11.1 Å². The topological polar surface area (TPSA) is 12.0 Å². The molecule has 0 aromatic heterocycles. The van der Waals surface area contributed by atoms with Crippen molar-refractivity contribution in [3.63, 3.8) is 0 Å². The molecule has 1 aliphatic rings. The van der Waals surface area contributed by atoms with E-state index in [0.29, 0.717) is 5.56 Å². The molecule has 1 aromatic carbocycles. The molecule has 1 aliphatic heterocycles. The van der Waals surface area contributed by atoms with Crippen LogP contribution in [-0.4, -0.2) is 18.8 Å². The van der Waals surface area contributed by atoms with Gasteiger partial charge in [-0.15, -0.1) is 0 Å². The molecule has 1 fully saturated rings. The molecule has 0 bridgehead atoms. The van der Waals surface area contributed by atoms with Gasteiger partial charge >= 0.3 is 6.18 Å². The first-order valence-electron chi connectivity index (χ1n) is 4.95. The lowest BCUT2D eigenvalue weighted by atomic mass is 9.90. The predicted molar refractivity (Wildman–Crippen MR) is 51.9 cm³/mol. The Balaban J connectivity index is 2.16. The fourth-order valence-electron chi connectivity index (χ4n) is 1.74. The summed E-state index contributed by atoms with van der Waals surface area (Å²) in [6.07, 6.45) is -4.33.